The minimum Gasteiger partial charge on any atom is -0.481 e. The van der Waals surface area contributed by atoms with Gasteiger partial charge in [0.1, 0.15) is 4.83 Å². The fraction of sp³-hybridized carbons (Fsp3) is 0.188. The SMILES string of the molecule is O=C(O)CCCn1cnc2scc(-c3ccc(Cl)cc3)c2c1=O. The number of hydrogen-bond donors (Lipinski definition) is 1. The monoisotopic (exact) mass is 348 g/mol. The summed E-state index contributed by atoms with van der Waals surface area (Å²) in [5.41, 5.74) is 1.58. The fourth-order valence-electron chi connectivity index (χ4n) is 2.37. The van der Waals surface area contributed by atoms with E-state index in [4.69, 9.17) is 16.7 Å². The number of aryl methyl sites for hydroxylation is 1. The van der Waals surface area contributed by atoms with Crippen molar-refractivity contribution in [2.75, 3.05) is 0 Å². The summed E-state index contributed by atoms with van der Waals surface area (Å²) in [5.74, 6) is -0.871. The second-order valence-corrected chi connectivity index (χ2v) is 6.37. The number of hydrogen-bond acceptors (Lipinski definition) is 4. The first kappa shape index (κ1) is 15.7. The lowest BCUT2D eigenvalue weighted by molar-refractivity contribution is -0.137. The Labute approximate surface area is 140 Å². The van der Waals surface area contributed by atoms with Crippen LogP contribution in [0.2, 0.25) is 5.02 Å². The van der Waals surface area contributed by atoms with Crippen molar-refractivity contribution < 1.29 is 9.90 Å². The Kier molecular flexibility index (Phi) is 4.45. The molecule has 2 heterocycles. The molecule has 1 N–H and O–H groups in total. The predicted molar refractivity (Wildman–Crippen MR) is 91.2 cm³/mol. The standard InChI is InChI=1S/C16H13ClN2O3S/c17-11-5-3-10(4-6-11)12-8-23-15-14(12)16(22)19(9-18-15)7-1-2-13(20)21/h3-6,8-9H,1-2,7H2,(H,20,21). The van der Waals surface area contributed by atoms with Crippen LogP contribution in [0.1, 0.15) is 12.8 Å². The molecule has 2 aromatic heterocycles. The highest BCUT2D eigenvalue weighted by molar-refractivity contribution is 7.17. The van der Waals surface area contributed by atoms with Crippen LogP contribution in [-0.4, -0.2) is 20.6 Å². The quantitative estimate of drug-likeness (QED) is 0.764. The summed E-state index contributed by atoms with van der Waals surface area (Å²) in [7, 11) is 0. The van der Waals surface area contributed by atoms with E-state index in [0.717, 1.165) is 11.1 Å². The first-order valence-corrected chi connectivity index (χ1v) is 8.26. The Bertz CT molecular complexity index is 915. The van der Waals surface area contributed by atoms with Gasteiger partial charge in [-0.25, -0.2) is 4.98 Å². The lowest BCUT2D eigenvalue weighted by Gasteiger charge is -2.05. The van der Waals surface area contributed by atoms with Gasteiger partial charge in [-0.05, 0) is 24.1 Å². The van der Waals surface area contributed by atoms with Gasteiger partial charge in [0, 0.05) is 28.9 Å². The molecule has 0 fully saturated rings. The highest BCUT2D eigenvalue weighted by atomic mass is 35.5. The van der Waals surface area contributed by atoms with Crippen LogP contribution < -0.4 is 5.56 Å². The van der Waals surface area contributed by atoms with E-state index in [1.54, 1.807) is 12.1 Å². The van der Waals surface area contributed by atoms with Crippen molar-refractivity contribution in [2.24, 2.45) is 0 Å². The van der Waals surface area contributed by atoms with Crippen LogP contribution in [0.15, 0.2) is 40.8 Å². The van der Waals surface area contributed by atoms with E-state index in [2.05, 4.69) is 4.98 Å². The van der Waals surface area contributed by atoms with Crippen LogP contribution in [0.3, 0.4) is 0 Å². The van der Waals surface area contributed by atoms with E-state index < -0.39 is 5.97 Å². The van der Waals surface area contributed by atoms with Gasteiger partial charge in [0.05, 0.1) is 11.7 Å². The van der Waals surface area contributed by atoms with Crippen LogP contribution in [0.4, 0.5) is 0 Å². The first-order valence-electron chi connectivity index (χ1n) is 7.00. The number of carbonyl (C=O) groups is 1. The fourth-order valence-corrected chi connectivity index (χ4v) is 3.40. The smallest absolute Gasteiger partial charge is 0.303 e. The second kappa shape index (κ2) is 6.52. The van der Waals surface area contributed by atoms with Crippen molar-refractivity contribution in [2.45, 2.75) is 19.4 Å². The molecule has 0 radical (unpaired) electrons. The van der Waals surface area contributed by atoms with E-state index in [1.807, 2.05) is 17.5 Å². The highest BCUT2D eigenvalue weighted by Crippen LogP contribution is 2.31. The zero-order valence-electron chi connectivity index (χ0n) is 12.0. The molecule has 3 aromatic rings. The molecule has 0 amide bonds. The molecule has 5 nitrogen and oxygen atoms in total. The van der Waals surface area contributed by atoms with E-state index >= 15 is 0 Å². The third kappa shape index (κ3) is 3.28. The van der Waals surface area contributed by atoms with Gasteiger partial charge >= 0.3 is 5.97 Å². The topological polar surface area (TPSA) is 72.2 Å². The summed E-state index contributed by atoms with van der Waals surface area (Å²) in [6, 6.07) is 7.29. The number of aliphatic carboxylic acids is 1. The van der Waals surface area contributed by atoms with Crippen LogP contribution >= 0.6 is 22.9 Å². The van der Waals surface area contributed by atoms with Gasteiger partial charge in [0.25, 0.3) is 5.56 Å². The average molecular weight is 349 g/mol. The Morgan fingerprint density at radius 1 is 1.30 bits per heavy atom. The van der Waals surface area contributed by atoms with Crippen molar-refractivity contribution in [3.05, 3.63) is 51.3 Å². The number of nitrogens with zero attached hydrogens (tertiary/aromatic N) is 2. The highest BCUT2D eigenvalue weighted by Gasteiger charge is 2.13. The summed E-state index contributed by atoms with van der Waals surface area (Å²) in [6.45, 7) is 0.337. The van der Waals surface area contributed by atoms with Gasteiger partial charge in [-0.1, -0.05) is 23.7 Å². The number of benzene rings is 1. The molecule has 0 bridgehead atoms. The Morgan fingerprint density at radius 3 is 2.74 bits per heavy atom. The molecule has 118 valence electrons. The van der Waals surface area contributed by atoms with Gasteiger partial charge in [-0.3, -0.25) is 14.2 Å². The average Bonchev–Trinajstić information content (AvgIpc) is 2.95. The molecule has 0 spiro atoms. The Hall–Kier alpha value is -2.18. The summed E-state index contributed by atoms with van der Waals surface area (Å²) in [5, 5.41) is 11.8. The van der Waals surface area contributed by atoms with E-state index in [1.165, 1.54) is 22.2 Å². The van der Waals surface area contributed by atoms with Crippen molar-refractivity contribution in [1.29, 1.82) is 0 Å². The Morgan fingerprint density at radius 2 is 2.04 bits per heavy atom. The summed E-state index contributed by atoms with van der Waals surface area (Å²) in [4.78, 5) is 28.3. The molecule has 0 aliphatic rings. The maximum atomic E-state index is 12.7. The first-order chi connectivity index (χ1) is 11.1. The lowest BCUT2D eigenvalue weighted by atomic mass is 10.1. The van der Waals surface area contributed by atoms with Gasteiger partial charge in [-0.2, -0.15) is 0 Å². The molecule has 0 saturated heterocycles. The van der Waals surface area contributed by atoms with Crippen LogP contribution in [-0.2, 0) is 11.3 Å². The maximum Gasteiger partial charge on any atom is 0.303 e. The van der Waals surface area contributed by atoms with E-state index in [0.29, 0.717) is 28.2 Å². The van der Waals surface area contributed by atoms with Crippen LogP contribution in [0.5, 0.6) is 0 Å². The molecule has 1 aromatic carbocycles. The molecular formula is C16H13ClN2O3S. The predicted octanol–water partition coefficient (Wildman–Crippen LogP) is 3.64. The number of rotatable bonds is 5. The van der Waals surface area contributed by atoms with Crippen LogP contribution in [0, 0.1) is 0 Å². The number of halogens is 1. The number of carboxylic acids is 1. The van der Waals surface area contributed by atoms with E-state index in [-0.39, 0.29) is 12.0 Å². The Balaban J connectivity index is 2.02. The molecular weight excluding hydrogens is 336 g/mol. The van der Waals surface area contributed by atoms with Crippen molar-refractivity contribution in [3.63, 3.8) is 0 Å². The van der Waals surface area contributed by atoms with Gasteiger partial charge < -0.3 is 5.11 Å². The number of aromatic nitrogens is 2. The summed E-state index contributed by atoms with van der Waals surface area (Å²) < 4.78 is 1.47. The molecule has 0 atom stereocenters. The molecule has 0 aliphatic carbocycles. The molecule has 0 unspecified atom stereocenters. The maximum absolute atomic E-state index is 12.7. The number of carboxylic acid groups (broad SMARTS) is 1. The molecule has 0 aliphatic heterocycles. The zero-order valence-corrected chi connectivity index (χ0v) is 13.6. The summed E-state index contributed by atoms with van der Waals surface area (Å²) in [6.07, 6.45) is 1.90. The minimum atomic E-state index is -0.871. The number of thiophene rings is 1. The molecule has 0 saturated carbocycles. The minimum absolute atomic E-state index is 0.0259. The second-order valence-electron chi connectivity index (χ2n) is 5.08. The van der Waals surface area contributed by atoms with Gasteiger partial charge in [0.15, 0.2) is 0 Å². The van der Waals surface area contributed by atoms with Crippen molar-refractivity contribution >= 4 is 39.1 Å². The van der Waals surface area contributed by atoms with Crippen LogP contribution in [0.25, 0.3) is 21.3 Å². The third-order valence-electron chi connectivity index (χ3n) is 3.51. The van der Waals surface area contributed by atoms with Crippen molar-refractivity contribution in [3.8, 4) is 11.1 Å². The van der Waals surface area contributed by atoms with Gasteiger partial charge in [0.2, 0.25) is 0 Å². The lowest BCUT2D eigenvalue weighted by Crippen LogP contribution is -2.20. The zero-order chi connectivity index (χ0) is 16.4. The van der Waals surface area contributed by atoms with E-state index in [9.17, 15) is 9.59 Å². The van der Waals surface area contributed by atoms with Gasteiger partial charge in [-0.15, -0.1) is 11.3 Å². The normalized spacial score (nSPS) is 11.0. The molecule has 3 rings (SSSR count). The summed E-state index contributed by atoms with van der Waals surface area (Å²) >= 11 is 7.32. The van der Waals surface area contributed by atoms with Crippen molar-refractivity contribution in [1.82, 2.24) is 9.55 Å². The third-order valence-corrected chi connectivity index (χ3v) is 4.64. The largest absolute Gasteiger partial charge is 0.481 e. The number of fused-ring (bicyclic) bond motifs is 1. The molecule has 23 heavy (non-hydrogen) atoms. The molecule has 7 heteroatoms.